The van der Waals surface area contributed by atoms with Crippen molar-refractivity contribution in [1.82, 2.24) is 14.9 Å². The van der Waals surface area contributed by atoms with E-state index in [-0.39, 0.29) is 6.10 Å². The molecule has 0 saturated carbocycles. The minimum atomic E-state index is -0.0558. The molecule has 5 nitrogen and oxygen atoms in total. The molecule has 2 rings (SSSR count). The van der Waals surface area contributed by atoms with Crippen molar-refractivity contribution >= 4 is 5.82 Å². The van der Waals surface area contributed by atoms with E-state index in [1.807, 2.05) is 6.07 Å². The highest BCUT2D eigenvalue weighted by atomic mass is 16.5. The Kier molecular flexibility index (Phi) is 4.14. The van der Waals surface area contributed by atoms with E-state index in [1.165, 1.54) is 0 Å². The Morgan fingerprint density at radius 1 is 1.50 bits per heavy atom. The summed E-state index contributed by atoms with van der Waals surface area (Å²) in [6.45, 7) is 9.94. The summed E-state index contributed by atoms with van der Waals surface area (Å²) in [7, 11) is 0. The molecule has 18 heavy (non-hydrogen) atoms. The predicted molar refractivity (Wildman–Crippen MR) is 71.3 cm³/mol. The SMILES string of the molecule is CCN1CCOC(c2nc(N)cc(C(C)C)n2)C1. The third-order valence-electron chi connectivity index (χ3n) is 3.26. The van der Waals surface area contributed by atoms with E-state index in [9.17, 15) is 0 Å². The first-order chi connectivity index (χ1) is 8.60. The van der Waals surface area contributed by atoms with Crippen LogP contribution in [0.25, 0.3) is 0 Å². The van der Waals surface area contributed by atoms with Crippen molar-refractivity contribution in [2.45, 2.75) is 32.8 Å². The maximum absolute atomic E-state index is 5.85. The lowest BCUT2D eigenvalue weighted by Gasteiger charge is -2.31. The van der Waals surface area contributed by atoms with E-state index in [0.29, 0.717) is 11.7 Å². The van der Waals surface area contributed by atoms with E-state index in [2.05, 4.69) is 35.6 Å². The molecule has 5 heteroatoms. The quantitative estimate of drug-likeness (QED) is 0.882. The molecule has 0 bridgehead atoms. The highest BCUT2D eigenvalue weighted by molar-refractivity contribution is 5.31. The number of aromatic nitrogens is 2. The third kappa shape index (κ3) is 2.97. The lowest BCUT2D eigenvalue weighted by atomic mass is 10.1. The van der Waals surface area contributed by atoms with Crippen LogP contribution in [0.3, 0.4) is 0 Å². The van der Waals surface area contributed by atoms with E-state index < -0.39 is 0 Å². The molecule has 2 heterocycles. The van der Waals surface area contributed by atoms with Crippen LogP contribution in [0.1, 0.15) is 44.3 Å². The number of morpholine rings is 1. The Morgan fingerprint density at radius 3 is 2.94 bits per heavy atom. The first-order valence-corrected chi connectivity index (χ1v) is 6.58. The fourth-order valence-electron chi connectivity index (χ4n) is 2.09. The van der Waals surface area contributed by atoms with E-state index in [4.69, 9.17) is 10.5 Å². The number of nitrogens with zero attached hydrogens (tertiary/aromatic N) is 3. The van der Waals surface area contributed by atoms with Crippen molar-refractivity contribution in [1.29, 1.82) is 0 Å². The molecule has 1 aliphatic heterocycles. The van der Waals surface area contributed by atoms with Crippen molar-refractivity contribution in [2.24, 2.45) is 0 Å². The molecule has 0 spiro atoms. The lowest BCUT2D eigenvalue weighted by molar-refractivity contribution is -0.0326. The summed E-state index contributed by atoms with van der Waals surface area (Å²) < 4.78 is 5.76. The Balaban J connectivity index is 2.21. The number of rotatable bonds is 3. The molecule has 2 N–H and O–H groups in total. The normalized spacial score (nSPS) is 21.4. The van der Waals surface area contributed by atoms with Crippen LogP contribution in [-0.2, 0) is 4.74 Å². The Hall–Kier alpha value is -1.20. The summed E-state index contributed by atoms with van der Waals surface area (Å²) in [5, 5.41) is 0. The molecule has 1 atom stereocenters. The zero-order valence-electron chi connectivity index (χ0n) is 11.4. The monoisotopic (exact) mass is 250 g/mol. The maximum Gasteiger partial charge on any atom is 0.161 e. The number of likely N-dealkylation sites (N-methyl/N-ethyl adjacent to an activating group) is 1. The molecule has 100 valence electrons. The van der Waals surface area contributed by atoms with Crippen molar-refractivity contribution in [3.63, 3.8) is 0 Å². The minimum Gasteiger partial charge on any atom is -0.384 e. The first kappa shape index (κ1) is 13.2. The smallest absolute Gasteiger partial charge is 0.161 e. The molecule has 1 fully saturated rings. The van der Waals surface area contributed by atoms with Crippen molar-refractivity contribution in [2.75, 3.05) is 32.0 Å². The van der Waals surface area contributed by atoms with Gasteiger partial charge >= 0.3 is 0 Å². The highest BCUT2D eigenvalue weighted by Gasteiger charge is 2.24. The van der Waals surface area contributed by atoms with Crippen molar-refractivity contribution in [3.8, 4) is 0 Å². The van der Waals surface area contributed by atoms with Gasteiger partial charge < -0.3 is 10.5 Å². The average molecular weight is 250 g/mol. The number of hydrogen-bond acceptors (Lipinski definition) is 5. The summed E-state index contributed by atoms with van der Waals surface area (Å²) in [5.41, 5.74) is 6.83. The molecule has 0 amide bonds. The van der Waals surface area contributed by atoms with E-state index >= 15 is 0 Å². The largest absolute Gasteiger partial charge is 0.384 e. The van der Waals surface area contributed by atoms with Crippen LogP contribution < -0.4 is 5.73 Å². The maximum atomic E-state index is 5.85. The molecule has 1 aromatic rings. The average Bonchev–Trinajstić information content (AvgIpc) is 2.38. The topological polar surface area (TPSA) is 64.3 Å². The third-order valence-corrected chi connectivity index (χ3v) is 3.26. The van der Waals surface area contributed by atoms with Gasteiger partial charge in [-0.05, 0) is 12.5 Å². The Morgan fingerprint density at radius 2 is 2.28 bits per heavy atom. The standard InChI is InChI=1S/C13H22N4O/c1-4-17-5-6-18-11(8-17)13-15-10(9(2)3)7-12(14)16-13/h7,9,11H,4-6,8H2,1-3H3,(H2,14,15,16). The second-order valence-electron chi connectivity index (χ2n) is 4.98. The van der Waals surface area contributed by atoms with Crippen molar-refractivity contribution < 1.29 is 4.74 Å². The van der Waals surface area contributed by atoms with Gasteiger partial charge in [-0.2, -0.15) is 0 Å². The molecule has 1 aliphatic rings. The summed E-state index contributed by atoms with van der Waals surface area (Å²) >= 11 is 0. The number of nitrogen functional groups attached to an aromatic ring is 1. The van der Waals surface area contributed by atoms with Gasteiger partial charge in [-0.1, -0.05) is 20.8 Å². The van der Waals surface area contributed by atoms with Gasteiger partial charge in [0, 0.05) is 24.8 Å². The van der Waals surface area contributed by atoms with Crippen molar-refractivity contribution in [3.05, 3.63) is 17.6 Å². The van der Waals surface area contributed by atoms with Gasteiger partial charge in [-0.25, -0.2) is 9.97 Å². The second-order valence-corrected chi connectivity index (χ2v) is 4.98. The number of hydrogen-bond donors (Lipinski definition) is 1. The fourth-order valence-corrected chi connectivity index (χ4v) is 2.09. The second kappa shape index (κ2) is 5.63. The molecule has 0 aromatic carbocycles. The number of ether oxygens (including phenoxy) is 1. The van der Waals surface area contributed by atoms with E-state index in [0.717, 1.165) is 37.8 Å². The van der Waals surface area contributed by atoms with Gasteiger partial charge in [0.2, 0.25) is 0 Å². The van der Waals surface area contributed by atoms with Crippen LogP contribution in [0.5, 0.6) is 0 Å². The molecule has 1 unspecified atom stereocenters. The van der Waals surface area contributed by atoms with Crippen LogP contribution in [0, 0.1) is 0 Å². The highest BCUT2D eigenvalue weighted by Crippen LogP contribution is 2.22. The van der Waals surface area contributed by atoms with Gasteiger partial charge in [0.25, 0.3) is 0 Å². The summed E-state index contributed by atoms with van der Waals surface area (Å²) in [4.78, 5) is 11.2. The minimum absolute atomic E-state index is 0.0558. The van der Waals surface area contributed by atoms with Gasteiger partial charge in [-0.15, -0.1) is 0 Å². The fraction of sp³-hybridized carbons (Fsp3) is 0.692. The Bertz CT molecular complexity index is 408. The van der Waals surface area contributed by atoms with Crippen LogP contribution in [0.15, 0.2) is 6.07 Å². The summed E-state index contributed by atoms with van der Waals surface area (Å²) in [5.74, 6) is 1.60. The van der Waals surface area contributed by atoms with E-state index in [1.54, 1.807) is 0 Å². The summed E-state index contributed by atoms with van der Waals surface area (Å²) in [6.07, 6.45) is -0.0558. The first-order valence-electron chi connectivity index (χ1n) is 6.58. The predicted octanol–water partition coefficient (Wildman–Crippen LogP) is 1.58. The van der Waals surface area contributed by atoms with Crippen LogP contribution in [0.2, 0.25) is 0 Å². The zero-order chi connectivity index (χ0) is 13.1. The molecule has 0 radical (unpaired) electrons. The van der Waals surface area contributed by atoms with Crippen LogP contribution in [0.4, 0.5) is 5.82 Å². The lowest BCUT2D eigenvalue weighted by Crippen LogP contribution is -2.38. The molecular weight excluding hydrogens is 228 g/mol. The molecule has 0 aliphatic carbocycles. The van der Waals surface area contributed by atoms with Gasteiger partial charge in [0.05, 0.1) is 6.61 Å². The summed E-state index contributed by atoms with van der Waals surface area (Å²) in [6, 6.07) is 1.84. The zero-order valence-corrected chi connectivity index (χ0v) is 11.4. The van der Waals surface area contributed by atoms with Crippen LogP contribution in [-0.4, -0.2) is 41.1 Å². The molecule has 1 saturated heterocycles. The number of anilines is 1. The molecular formula is C13H22N4O. The molecule has 1 aromatic heterocycles. The van der Waals surface area contributed by atoms with Crippen LogP contribution >= 0.6 is 0 Å². The number of nitrogens with two attached hydrogens (primary N) is 1. The van der Waals surface area contributed by atoms with Gasteiger partial charge in [0.1, 0.15) is 11.9 Å². The Labute approximate surface area is 108 Å². The van der Waals surface area contributed by atoms with Gasteiger partial charge in [0.15, 0.2) is 5.82 Å². The van der Waals surface area contributed by atoms with Gasteiger partial charge in [-0.3, -0.25) is 4.90 Å².